The quantitative estimate of drug-likeness (QED) is 0.478. The van der Waals surface area contributed by atoms with Gasteiger partial charge in [-0.1, -0.05) is 32.3 Å². The Morgan fingerprint density at radius 3 is 2.67 bits per heavy atom. The minimum atomic E-state index is -0.393. The van der Waals surface area contributed by atoms with Gasteiger partial charge in [-0.2, -0.15) is 0 Å². The fraction of sp³-hybridized carbons (Fsp3) is 0.600. The number of rotatable bonds is 6. The van der Waals surface area contributed by atoms with Crippen molar-refractivity contribution < 1.29 is 4.92 Å². The first kappa shape index (κ1) is 15.7. The average Bonchev–Trinajstić information content (AvgIpc) is 2.53. The molecule has 1 aromatic rings. The van der Waals surface area contributed by atoms with Crippen LogP contribution in [0, 0.1) is 10.1 Å². The molecule has 0 bridgehead atoms. The Morgan fingerprint density at radius 1 is 1.38 bits per heavy atom. The normalized spacial score (nSPS) is 16.1. The van der Waals surface area contributed by atoms with E-state index in [0.29, 0.717) is 11.7 Å². The third kappa shape index (κ3) is 3.92. The number of anilines is 1. The fourth-order valence-corrected chi connectivity index (χ4v) is 3.13. The third-order valence-electron chi connectivity index (χ3n) is 4.30. The van der Waals surface area contributed by atoms with Gasteiger partial charge in [0.2, 0.25) is 0 Å². The van der Waals surface area contributed by atoms with Gasteiger partial charge in [0.05, 0.1) is 4.92 Å². The van der Waals surface area contributed by atoms with Crippen LogP contribution in [-0.2, 0) is 6.54 Å². The molecule has 0 radical (unpaired) electrons. The van der Waals surface area contributed by atoms with Crippen LogP contribution in [0.1, 0.15) is 44.6 Å². The molecule has 116 valence electrons. The highest BCUT2D eigenvalue weighted by atomic mass is 16.6. The maximum Gasteiger partial charge on any atom is 0.293 e. The maximum absolute atomic E-state index is 11.1. The number of hydrogen-bond acceptors (Lipinski definition) is 5. The molecule has 3 N–H and O–H groups in total. The van der Waals surface area contributed by atoms with Gasteiger partial charge < -0.3 is 5.43 Å². The lowest BCUT2D eigenvalue weighted by Gasteiger charge is -2.33. The Morgan fingerprint density at radius 2 is 2.10 bits per heavy atom. The van der Waals surface area contributed by atoms with Gasteiger partial charge in [-0.05, 0) is 31.0 Å². The van der Waals surface area contributed by atoms with E-state index in [9.17, 15) is 10.1 Å². The Hall–Kier alpha value is -1.66. The lowest BCUT2D eigenvalue weighted by atomic mass is 9.94. The molecule has 1 aromatic carbocycles. The first-order valence-corrected chi connectivity index (χ1v) is 7.63. The molecule has 0 amide bonds. The van der Waals surface area contributed by atoms with Gasteiger partial charge >= 0.3 is 0 Å². The van der Waals surface area contributed by atoms with Crippen molar-refractivity contribution in [3.05, 3.63) is 33.9 Å². The molecule has 0 aromatic heterocycles. The summed E-state index contributed by atoms with van der Waals surface area (Å²) in [7, 11) is 0. The predicted octanol–water partition coefficient (Wildman–Crippen LogP) is 3.04. The summed E-state index contributed by atoms with van der Waals surface area (Å²) in [6.07, 6.45) is 6.38. The van der Waals surface area contributed by atoms with E-state index in [0.717, 1.165) is 18.7 Å². The van der Waals surface area contributed by atoms with Gasteiger partial charge in [-0.15, -0.1) is 0 Å². The molecular formula is C15H24N4O2. The lowest BCUT2D eigenvalue weighted by Crippen LogP contribution is -2.36. The largest absolute Gasteiger partial charge is 0.318 e. The van der Waals surface area contributed by atoms with Crippen LogP contribution in [-0.4, -0.2) is 22.4 Å². The SMILES string of the molecule is CCN(Cc1ccc(NN)c([N+](=O)[O-])c1)C1CCCCC1. The molecule has 1 fully saturated rings. The number of nitrogens with two attached hydrogens (primary N) is 1. The minimum Gasteiger partial charge on any atom is -0.318 e. The van der Waals surface area contributed by atoms with Crippen molar-refractivity contribution in [2.45, 2.75) is 51.6 Å². The standard InChI is InChI=1S/C15H24N4O2/c1-2-18(13-6-4-3-5-7-13)11-12-8-9-14(17-16)15(10-12)19(20)21/h8-10,13,17H,2-7,11,16H2,1H3. The number of nitrogens with one attached hydrogen (secondary N) is 1. The molecule has 0 heterocycles. The molecule has 1 aliphatic carbocycles. The molecule has 0 aliphatic heterocycles. The summed E-state index contributed by atoms with van der Waals surface area (Å²) in [5.74, 6) is 5.32. The first-order valence-electron chi connectivity index (χ1n) is 7.63. The Kier molecular flexibility index (Phi) is 5.52. The van der Waals surface area contributed by atoms with E-state index in [2.05, 4.69) is 17.2 Å². The monoisotopic (exact) mass is 292 g/mol. The Bertz CT molecular complexity index is 487. The van der Waals surface area contributed by atoms with Crippen LogP contribution in [0.25, 0.3) is 0 Å². The predicted molar refractivity (Wildman–Crippen MR) is 83.9 cm³/mol. The highest BCUT2D eigenvalue weighted by Gasteiger charge is 2.21. The number of nitrogen functional groups attached to an aromatic ring is 1. The van der Waals surface area contributed by atoms with Crippen LogP contribution in [0.15, 0.2) is 18.2 Å². The molecule has 0 saturated heterocycles. The molecule has 0 spiro atoms. The molecule has 21 heavy (non-hydrogen) atoms. The maximum atomic E-state index is 11.1. The van der Waals surface area contributed by atoms with Gasteiger partial charge in [0, 0.05) is 18.7 Å². The zero-order chi connectivity index (χ0) is 15.2. The summed E-state index contributed by atoms with van der Waals surface area (Å²) in [5.41, 5.74) is 3.73. The van der Waals surface area contributed by atoms with Crippen molar-refractivity contribution in [2.24, 2.45) is 5.84 Å². The Balaban J connectivity index is 2.13. The van der Waals surface area contributed by atoms with Crippen molar-refractivity contribution in [3.63, 3.8) is 0 Å². The van der Waals surface area contributed by atoms with Crippen molar-refractivity contribution in [2.75, 3.05) is 12.0 Å². The molecule has 1 aliphatic rings. The van der Waals surface area contributed by atoms with Gasteiger partial charge in [0.25, 0.3) is 5.69 Å². The summed E-state index contributed by atoms with van der Waals surface area (Å²) in [6.45, 7) is 3.88. The van der Waals surface area contributed by atoms with E-state index in [4.69, 9.17) is 5.84 Å². The van der Waals surface area contributed by atoms with Gasteiger partial charge in [0.15, 0.2) is 0 Å². The third-order valence-corrected chi connectivity index (χ3v) is 4.30. The van der Waals surface area contributed by atoms with E-state index >= 15 is 0 Å². The van der Waals surface area contributed by atoms with Crippen molar-refractivity contribution in [1.82, 2.24) is 4.90 Å². The van der Waals surface area contributed by atoms with E-state index in [-0.39, 0.29) is 5.69 Å². The van der Waals surface area contributed by atoms with Crippen LogP contribution >= 0.6 is 0 Å². The number of nitrogens with zero attached hydrogens (tertiary/aromatic N) is 2. The second-order valence-corrected chi connectivity index (χ2v) is 5.61. The highest BCUT2D eigenvalue weighted by molar-refractivity contribution is 5.61. The molecule has 6 heteroatoms. The van der Waals surface area contributed by atoms with E-state index in [1.807, 2.05) is 6.07 Å². The van der Waals surface area contributed by atoms with Crippen LogP contribution < -0.4 is 11.3 Å². The van der Waals surface area contributed by atoms with Crippen LogP contribution in [0.4, 0.5) is 11.4 Å². The molecule has 0 unspecified atom stereocenters. The smallest absolute Gasteiger partial charge is 0.293 e. The summed E-state index contributed by atoms with van der Waals surface area (Å²) in [5, 5.41) is 11.1. The number of nitro groups is 1. The first-order chi connectivity index (χ1) is 10.2. The number of benzene rings is 1. The van der Waals surface area contributed by atoms with Crippen molar-refractivity contribution in [1.29, 1.82) is 0 Å². The van der Waals surface area contributed by atoms with Crippen molar-refractivity contribution >= 4 is 11.4 Å². The number of nitro benzene ring substituents is 1. The summed E-state index contributed by atoms with van der Waals surface area (Å²) >= 11 is 0. The van der Waals surface area contributed by atoms with Gasteiger partial charge in [0.1, 0.15) is 5.69 Å². The second-order valence-electron chi connectivity index (χ2n) is 5.61. The Labute approximate surface area is 125 Å². The van der Waals surface area contributed by atoms with Gasteiger partial charge in [-0.25, -0.2) is 0 Å². The highest BCUT2D eigenvalue weighted by Crippen LogP contribution is 2.27. The summed E-state index contributed by atoms with van der Waals surface area (Å²) in [4.78, 5) is 13.1. The zero-order valence-electron chi connectivity index (χ0n) is 12.5. The minimum absolute atomic E-state index is 0.0368. The van der Waals surface area contributed by atoms with Crippen molar-refractivity contribution in [3.8, 4) is 0 Å². The van der Waals surface area contributed by atoms with E-state index in [1.165, 1.54) is 32.1 Å². The summed E-state index contributed by atoms with van der Waals surface area (Å²) < 4.78 is 0. The zero-order valence-corrected chi connectivity index (χ0v) is 12.5. The number of hydrogen-bond donors (Lipinski definition) is 2. The van der Waals surface area contributed by atoms with E-state index < -0.39 is 4.92 Å². The molecule has 6 nitrogen and oxygen atoms in total. The van der Waals surface area contributed by atoms with Crippen LogP contribution in [0.5, 0.6) is 0 Å². The molecular weight excluding hydrogens is 268 g/mol. The number of hydrazine groups is 1. The second kappa shape index (κ2) is 7.38. The fourth-order valence-electron chi connectivity index (χ4n) is 3.13. The topological polar surface area (TPSA) is 84.4 Å². The van der Waals surface area contributed by atoms with Crippen LogP contribution in [0.3, 0.4) is 0 Å². The van der Waals surface area contributed by atoms with E-state index in [1.54, 1.807) is 12.1 Å². The molecule has 0 atom stereocenters. The lowest BCUT2D eigenvalue weighted by molar-refractivity contribution is -0.384. The van der Waals surface area contributed by atoms with Crippen LogP contribution in [0.2, 0.25) is 0 Å². The average molecular weight is 292 g/mol. The van der Waals surface area contributed by atoms with Gasteiger partial charge in [-0.3, -0.25) is 20.9 Å². The summed E-state index contributed by atoms with van der Waals surface area (Å²) in [6, 6.07) is 5.83. The molecule has 2 rings (SSSR count). The molecule has 1 saturated carbocycles.